The summed E-state index contributed by atoms with van der Waals surface area (Å²) in [6.07, 6.45) is 2.48. The smallest absolute Gasteiger partial charge is 0.0534 e. The molecular weight excluding hydrogens is 275 g/mol. The molecule has 0 amide bonds. The first-order valence-electron chi connectivity index (χ1n) is 4.69. The number of halogens is 1. The molecule has 2 rings (SSSR count). The summed E-state index contributed by atoms with van der Waals surface area (Å²) in [5.74, 6) is 0.630. The van der Waals surface area contributed by atoms with E-state index < -0.39 is 0 Å². The summed E-state index contributed by atoms with van der Waals surface area (Å²) in [4.78, 5) is 0. The second-order valence-electron chi connectivity index (χ2n) is 3.47. The van der Waals surface area contributed by atoms with Crippen LogP contribution in [-0.4, -0.2) is 13.2 Å². The molecule has 0 aliphatic carbocycles. The van der Waals surface area contributed by atoms with E-state index in [1.807, 2.05) is 0 Å². The van der Waals surface area contributed by atoms with Crippen molar-refractivity contribution in [2.75, 3.05) is 13.2 Å². The van der Waals surface area contributed by atoms with Gasteiger partial charge >= 0.3 is 0 Å². The van der Waals surface area contributed by atoms with Crippen molar-refractivity contribution in [3.63, 3.8) is 0 Å². The first-order valence-corrected chi connectivity index (χ1v) is 5.77. The molecule has 1 nitrogen and oxygen atoms in total. The molecule has 0 unspecified atom stereocenters. The molecular formula is C11H13IO. The van der Waals surface area contributed by atoms with Crippen molar-refractivity contribution in [3.8, 4) is 0 Å². The number of benzene rings is 1. The number of ether oxygens (including phenoxy) is 1. The highest BCUT2D eigenvalue weighted by atomic mass is 127. The van der Waals surface area contributed by atoms with Crippen molar-refractivity contribution < 1.29 is 4.74 Å². The number of hydrogen-bond donors (Lipinski definition) is 0. The van der Waals surface area contributed by atoms with Gasteiger partial charge in [-0.15, -0.1) is 0 Å². The van der Waals surface area contributed by atoms with Gasteiger partial charge in [0.2, 0.25) is 0 Å². The quantitative estimate of drug-likeness (QED) is 0.721. The van der Waals surface area contributed by atoms with Crippen LogP contribution in [0, 0.1) is 3.57 Å². The molecule has 1 heterocycles. The van der Waals surface area contributed by atoms with Gasteiger partial charge in [0, 0.05) is 16.1 Å². The van der Waals surface area contributed by atoms with Crippen LogP contribution in [0.4, 0.5) is 0 Å². The van der Waals surface area contributed by atoms with Gasteiger partial charge in [-0.1, -0.05) is 12.1 Å². The van der Waals surface area contributed by atoms with E-state index >= 15 is 0 Å². The molecule has 0 bridgehead atoms. The molecule has 2 heteroatoms. The Labute approximate surface area is 92.6 Å². The third-order valence-electron chi connectivity index (χ3n) is 2.50. The largest absolute Gasteiger partial charge is 0.381 e. The van der Waals surface area contributed by atoms with Crippen LogP contribution in [0.2, 0.25) is 0 Å². The Morgan fingerprint density at radius 2 is 2.00 bits per heavy atom. The average Bonchev–Trinajstić information content (AvgIpc) is 2.20. The molecule has 1 aromatic rings. The van der Waals surface area contributed by atoms with Gasteiger partial charge in [-0.3, -0.25) is 0 Å². The van der Waals surface area contributed by atoms with Crippen LogP contribution in [0.3, 0.4) is 0 Å². The topological polar surface area (TPSA) is 9.23 Å². The van der Waals surface area contributed by atoms with Gasteiger partial charge < -0.3 is 4.74 Å². The minimum atomic E-state index is 0.630. The summed E-state index contributed by atoms with van der Waals surface area (Å²) < 4.78 is 6.77. The van der Waals surface area contributed by atoms with E-state index in [1.54, 1.807) is 0 Å². The minimum Gasteiger partial charge on any atom is -0.381 e. The molecule has 1 aliphatic rings. The van der Waals surface area contributed by atoms with Crippen LogP contribution in [-0.2, 0) is 4.74 Å². The molecule has 70 valence electrons. The monoisotopic (exact) mass is 288 g/mol. The van der Waals surface area contributed by atoms with Crippen LogP contribution in [0.25, 0.3) is 0 Å². The molecule has 1 saturated heterocycles. The van der Waals surface area contributed by atoms with Gasteiger partial charge in [0.05, 0.1) is 6.61 Å². The standard InChI is InChI=1S/C11H13IO/c12-11-5-3-9(4-6-11)10-2-1-7-13-8-10/h3-6,10H,1-2,7-8H2/t10-/m0/s1. The maximum Gasteiger partial charge on any atom is 0.0534 e. The SMILES string of the molecule is Ic1ccc([C@H]2CCCOC2)cc1. The Bertz CT molecular complexity index is 262. The van der Waals surface area contributed by atoms with Crippen molar-refractivity contribution in [3.05, 3.63) is 33.4 Å². The minimum absolute atomic E-state index is 0.630. The van der Waals surface area contributed by atoms with E-state index in [1.165, 1.54) is 22.0 Å². The lowest BCUT2D eigenvalue weighted by atomic mass is 9.94. The summed E-state index contributed by atoms with van der Waals surface area (Å²) in [6, 6.07) is 8.79. The van der Waals surface area contributed by atoms with Gasteiger partial charge in [0.1, 0.15) is 0 Å². The molecule has 0 saturated carbocycles. The van der Waals surface area contributed by atoms with E-state index in [9.17, 15) is 0 Å². The fourth-order valence-electron chi connectivity index (χ4n) is 1.74. The molecule has 0 spiro atoms. The third-order valence-corrected chi connectivity index (χ3v) is 3.22. The fraction of sp³-hybridized carbons (Fsp3) is 0.455. The predicted molar refractivity (Wildman–Crippen MR) is 62.0 cm³/mol. The van der Waals surface area contributed by atoms with Crippen molar-refractivity contribution in [1.29, 1.82) is 0 Å². The van der Waals surface area contributed by atoms with Crippen LogP contribution >= 0.6 is 22.6 Å². The Kier molecular flexibility index (Phi) is 3.22. The first-order chi connectivity index (χ1) is 6.36. The molecule has 13 heavy (non-hydrogen) atoms. The van der Waals surface area contributed by atoms with Crippen molar-refractivity contribution >= 4 is 22.6 Å². The Balaban J connectivity index is 2.10. The van der Waals surface area contributed by atoms with E-state index in [0.717, 1.165) is 13.2 Å². The van der Waals surface area contributed by atoms with E-state index in [4.69, 9.17) is 4.74 Å². The van der Waals surface area contributed by atoms with E-state index in [0.29, 0.717) is 5.92 Å². The van der Waals surface area contributed by atoms with Crippen molar-refractivity contribution in [1.82, 2.24) is 0 Å². The van der Waals surface area contributed by atoms with Gasteiger partial charge in [-0.05, 0) is 53.1 Å². The maximum absolute atomic E-state index is 5.46. The highest BCUT2D eigenvalue weighted by Gasteiger charge is 2.15. The predicted octanol–water partition coefficient (Wildman–Crippen LogP) is 3.19. The van der Waals surface area contributed by atoms with Gasteiger partial charge in [-0.25, -0.2) is 0 Å². The molecule has 0 N–H and O–H groups in total. The highest BCUT2D eigenvalue weighted by molar-refractivity contribution is 14.1. The van der Waals surface area contributed by atoms with Gasteiger partial charge in [0.25, 0.3) is 0 Å². The fourth-order valence-corrected chi connectivity index (χ4v) is 2.10. The Hall–Kier alpha value is -0.0900. The van der Waals surface area contributed by atoms with Crippen LogP contribution < -0.4 is 0 Å². The van der Waals surface area contributed by atoms with Crippen LogP contribution in [0.1, 0.15) is 24.3 Å². The molecule has 0 aromatic heterocycles. The normalized spacial score (nSPS) is 23.0. The summed E-state index contributed by atoms with van der Waals surface area (Å²) in [6.45, 7) is 1.85. The van der Waals surface area contributed by atoms with Crippen molar-refractivity contribution in [2.45, 2.75) is 18.8 Å². The van der Waals surface area contributed by atoms with Crippen LogP contribution in [0.15, 0.2) is 24.3 Å². The molecule has 1 fully saturated rings. The van der Waals surface area contributed by atoms with E-state index in [-0.39, 0.29) is 0 Å². The summed E-state index contributed by atoms with van der Waals surface area (Å²) in [7, 11) is 0. The van der Waals surface area contributed by atoms with Crippen LogP contribution in [0.5, 0.6) is 0 Å². The van der Waals surface area contributed by atoms with E-state index in [2.05, 4.69) is 46.9 Å². The lowest BCUT2D eigenvalue weighted by Gasteiger charge is -2.22. The molecule has 1 aliphatic heterocycles. The molecule has 1 atom stereocenters. The summed E-state index contributed by atoms with van der Waals surface area (Å²) in [5.41, 5.74) is 1.43. The Morgan fingerprint density at radius 1 is 1.23 bits per heavy atom. The highest BCUT2D eigenvalue weighted by Crippen LogP contribution is 2.25. The summed E-state index contributed by atoms with van der Waals surface area (Å²) >= 11 is 2.34. The molecule has 0 radical (unpaired) electrons. The maximum atomic E-state index is 5.46. The lowest BCUT2D eigenvalue weighted by Crippen LogP contribution is -2.15. The number of hydrogen-bond acceptors (Lipinski definition) is 1. The van der Waals surface area contributed by atoms with Gasteiger partial charge in [0.15, 0.2) is 0 Å². The summed E-state index contributed by atoms with van der Waals surface area (Å²) in [5, 5.41) is 0. The second kappa shape index (κ2) is 4.42. The third kappa shape index (κ3) is 2.44. The number of rotatable bonds is 1. The average molecular weight is 288 g/mol. The zero-order chi connectivity index (χ0) is 9.10. The second-order valence-corrected chi connectivity index (χ2v) is 4.71. The van der Waals surface area contributed by atoms with Gasteiger partial charge in [-0.2, -0.15) is 0 Å². The zero-order valence-electron chi connectivity index (χ0n) is 7.50. The molecule has 1 aromatic carbocycles. The Morgan fingerprint density at radius 3 is 2.62 bits per heavy atom. The van der Waals surface area contributed by atoms with Crippen molar-refractivity contribution in [2.24, 2.45) is 0 Å². The zero-order valence-corrected chi connectivity index (χ0v) is 9.66. The lowest BCUT2D eigenvalue weighted by molar-refractivity contribution is 0.0804. The first kappa shape index (κ1) is 9.46.